The van der Waals surface area contributed by atoms with Crippen molar-refractivity contribution in [1.29, 1.82) is 0 Å². The summed E-state index contributed by atoms with van der Waals surface area (Å²) in [4.78, 5) is 13.6. The average molecular weight is 482 g/mol. The molecule has 0 radical (unpaired) electrons. The lowest BCUT2D eigenvalue weighted by atomic mass is 9.83. The van der Waals surface area contributed by atoms with Gasteiger partial charge in [-0.1, -0.05) is 72.8 Å². The van der Waals surface area contributed by atoms with E-state index in [9.17, 15) is 5.11 Å². The number of rotatable bonds is 5. The summed E-state index contributed by atoms with van der Waals surface area (Å²) >= 11 is 0. The largest absolute Gasteiger partial charge is 0.507 e. The first-order valence-corrected chi connectivity index (χ1v) is 12.4. The van der Waals surface area contributed by atoms with Gasteiger partial charge in [-0.25, -0.2) is 4.98 Å². The molecule has 0 fully saturated rings. The van der Waals surface area contributed by atoms with Crippen molar-refractivity contribution < 1.29 is 5.11 Å². The van der Waals surface area contributed by atoms with E-state index in [1.807, 2.05) is 54.7 Å². The predicted molar refractivity (Wildman–Crippen MR) is 150 cm³/mol. The van der Waals surface area contributed by atoms with Gasteiger partial charge in [-0.3, -0.25) is 4.98 Å². The van der Waals surface area contributed by atoms with E-state index in [0.717, 1.165) is 50.4 Å². The number of H-pyrrole nitrogens is 1. The predicted octanol–water partition coefficient (Wildman–Crippen LogP) is 7.99. The van der Waals surface area contributed by atoms with Crippen LogP contribution in [0.4, 0.5) is 0 Å². The normalized spacial score (nSPS) is 11.6. The second-order valence-corrected chi connectivity index (χ2v) is 9.74. The van der Waals surface area contributed by atoms with E-state index >= 15 is 0 Å². The van der Waals surface area contributed by atoms with Crippen LogP contribution in [-0.4, -0.2) is 20.1 Å². The number of phenols is 1. The molecular formula is C33H27N3O. The van der Waals surface area contributed by atoms with Crippen LogP contribution in [0.2, 0.25) is 0 Å². The van der Waals surface area contributed by atoms with Crippen molar-refractivity contribution in [1.82, 2.24) is 15.0 Å². The summed E-state index contributed by atoms with van der Waals surface area (Å²) in [5.74, 6) is 0.206. The maximum absolute atomic E-state index is 10.8. The topological polar surface area (TPSA) is 61.8 Å². The SMILES string of the molecule is CC(C)(c1ccccn1)c1[nH]c(-c2ccc(-c3ccccc3)c(-c3ccccc3O)n2)c2ccccc12. The van der Waals surface area contributed by atoms with Gasteiger partial charge in [-0.05, 0) is 55.8 Å². The van der Waals surface area contributed by atoms with Crippen molar-refractivity contribution in [3.63, 3.8) is 0 Å². The number of aromatic amines is 1. The zero-order valence-electron chi connectivity index (χ0n) is 20.8. The second-order valence-electron chi connectivity index (χ2n) is 9.74. The maximum atomic E-state index is 10.8. The van der Waals surface area contributed by atoms with Gasteiger partial charge in [-0.15, -0.1) is 0 Å². The summed E-state index contributed by atoms with van der Waals surface area (Å²) in [6.07, 6.45) is 1.84. The van der Waals surface area contributed by atoms with E-state index in [0.29, 0.717) is 5.56 Å². The molecule has 4 nitrogen and oxygen atoms in total. The molecule has 37 heavy (non-hydrogen) atoms. The number of phenolic OH excluding ortho intramolecular Hbond substituents is 1. The Labute approximate surface area is 216 Å². The summed E-state index contributed by atoms with van der Waals surface area (Å²) in [7, 11) is 0. The minimum Gasteiger partial charge on any atom is -0.507 e. The fraction of sp³-hybridized carbons (Fsp3) is 0.0909. The molecule has 0 unspecified atom stereocenters. The lowest BCUT2D eigenvalue weighted by molar-refractivity contribution is 0.477. The molecule has 3 heterocycles. The van der Waals surface area contributed by atoms with E-state index in [2.05, 4.69) is 78.4 Å². The Morgan fingerprint density at radius 2 is 1.38 bits per heavy atom. The van der Waals surface area contributed by atoms with Crippen molar-refractivity contribution in [2.24, 2.45) is 0 Å². The van der Waals surface area contributed by atoms with E-state index < -0.39 is 0 Å². The molecule has 0 saturated heterocycles. The van der Waals surface area contributed by atoms with Crippen LogP contribution in [0.25, 0.3) is 44.5 Å². The van der Waals surface area contributed by atoms with E-state index in [-0.39, 0.29) is 11.2 Å². The Morgan fingerprint density at radius 1 is 0.676 bits per heavy atom. The molecule has 0 bridgehead atoms. The molecule has 3 aromatic carbocycles. The van der Waals surface area contributed by atoms with Crippen LogP contribution in [0, 0.1) is 0 Å². The summed E-state index contributed by atoms with van der Waals surface area (Å²) in [6.45, 7) is 4.38. The van der Waals surface area contributed by atoms with Crippen molar-refractivity contribution in [2.45, 2.75) is 19.3 Å². The molecule has 180 valence electrons. The molecule has 0 spiro atoms. The Kier molecular flexibility index (Phi) is 5.57. The molecule has 0 aliphatic rings. The Balaban J connectivity index is 1.58. The third-order valence-electron chi connectivity index (χ3n) is 7.04. The smallest absolute Gasteiger partial charge is 0.124 e. The highest BCUT2D eigenvalue weighted by Gasteiger charge is 2.30. The highest BCUT2D eigenvalue weighted by molar-refractivity contribution is 5.98. The van der Waals surface area contributed by atoms with Gasteiger partial charge in [-0.2, -0.15) is 0 Å². The fourth-order valence-corrected chi connectivity index (χ4v) is 5.06. The van der Waals surface area contributed by atoms with Gasteiger partial charge in [0.2, 0.25) is 0 Å². The molecule has 0 atom stereocenters. The van der Waals surface area contributed by atoms with E-state index in [4.69, 9.17) is 4.98 Å². The van der Waals surface area contributed by atoms with Crippen molar-refractivity contribution >= 4 is 10.8 Å². The Hall–Kier alpha value is -4.70. The first kappa shape index (κ1) is 22.7. The highest BCUT2D eigenvalue weighted by atomic mass is 16.3. The molecule has 6 rings (SSSR count). The average Bonchev–Trinajstić information content (AvgIpc) is 3.35. The number of nitrogens with zero attached hydrogens (tertiary/aromatic N) is 2. The van der Waals surface area contributed by atoms with Crippen molar-refractivity contribution in [3.8, 4) is 39.5 Å². The van der Waals surface area contributed by atoms with Crippen LogP contribution in [0.5, 0.6) is 5.75 Å². The van der Waals surface area contributed by atoms with Crippen LogP contribution in [0.15, 0.2) is 115 Å². The minimum atomic E-state index is -0.344. The Morgan fingerprint density at radius 3 is 2.14 bits per heavy atom. The molecule has 0 aliphatic heterocycles. The number of pyridine rings is 2. The van der Waals surface area contributed by atoms with Gasteiger partial charge in [0.25, 0.3) is 0 Å². The Bertz CT molecular complexity index is 1700. The minimum absolute atomic E-state index is 0.206. The van der Waals surface area contributed by atoms with Gasteiger partial charge in [0.15, 0.2) is 0 Å². The fourth-order valence-electron chi connectivity index (χ4n) is 5.06. The van der Waals surface area contributed by atoms with Gasteiger partial charge in [0, 0.05) is 39.2 Å². The summed E-state index contributed by atoms with van der Waals surface area (Å²) < 4.78 is 0. The second kappa shape index (κ2) is 9.07. The monoisotopic (exact) mass is 481 g/mol. The van der Waals surface area contributed by atoms with Crippen molar-refractivity contribution in [2.75, 3.05) is 0 Å². The molecule has 2 N–H and O–H groups in total. The molecule has 4 heteroatoms. The zero-order valence-corrected chi connectivity index (χ0v) is 20.8. The van der Waals surface area contributed by atoms with Crippen molar-refractivity contribution in [3.05, 3.63) is 127 Å². The van der Waals surface area contributed by atoms with Gasteiger partial charge < -0.3 is 10.1 Å². The van der Waals surface area contributed by atoms with Crippen LogP contribution in [-0.2, 0) is 5.41 Å². The quantitative estimate of drug-likeness (QED) is 0.262. The van der Waals surface area contributed by atoms with Crippen LogP contribution in [0.1, 0.15) is 25.2 Å². The lowest BCUT2D eigenvalue weighted by Crippen LogP contribution is -2.21. The number of nitrogens with one attached hydrogen (secondary N) is 1. The molecule has 0 saturated carbocycles. The number of fused-ring (bicyclic) bond motifs is 1. The van der Waals surface area contributed by atoms with Crippen LogP contribution >= 0.6 is 0 Å². The first-order valence-electron chi connectivity index (χ1n) is 12.4. The third-order valence-corrected chi connectivity index (χ3v) is 7.04. The number of aromatic nitrogens is 3. The summed E-state index contributed by atoms with van der Waals surface area (Å²) in [5.41, 5.74) is 6.97. The van der Waals surface area contributed by atoms with Gasteiger partial charge in [0.1, 0.15) is 5.75 Å². The standard InChI is InChI=1S/C33H27N3O/c1-33(2,29-18-10-11-21-34-29)32-25-15-7-6-14-24(25)31(36-32)27-20-19-23(22-12-4-3-5-13-22)30(35-27)26-16-8-9-17-28(26)37/h3-21,36-37H,1-2H3. The van der Waals surface area contributed by atoms with E-state index in [1.54, 1.807) is 6.07 Å². The van der Waals surface area contributed by atoms with Gasteiger partial charge >= 0.3 is 0 Å². The molecule has 0 amide bonds. The third kappa shape index (κ3) is 3.97. The summed E-state index contributed by atoms with van der Waals surface area (Å²) in [5, 5.41) is 13.0. The molecular weight excluding hydrogens is 454 g/mol. The highest BCUT2D eigenvalue weighted by Crippen LogP contribution is 2.41. The number of benzene rings is 3. The van der Waals surface area contributed by atoms with Crippen LogP contribution < -0.4 is 0 Å². The molecule has 6 aromatic rings. The number of para-hydroxylation sites is 1. The lowest BCUT2D eigenvalue weighted by Gasteiger charge is -2.23. The first-order chi connectivity index (χ1) is 18.0. The molecule has 3 aromatic heterocycles. The molecule has 0 aliphatic carbocycles. The van der Waals surface area contributed by atoms with E-state index in [1.165, 1.54) is 0 Å². The van der Waals surface area contributed by atoms with Gasteiger partial charge in [0.05, 0.1) is 22.8 Å². The number of aromatic hydroxyl groups is 1. The van der Waals surface area contributed by atoms with Crippen LogP contribution in [0.3, 0.4) is 0 Å². The number of hydrogen-bond acceptors (Lipinski definition) is 3. The summed E-state index contributed by atoms with van der Waals surface area (Å²) in [6, 6.07) is 36.1. The number of hydrogen-bond donors (Lipinski definition) is 2. The zero-order chi connectivity index (χ0) is 25.4. The maximum Gasteiger partial charge on any atom is 0.124 e.